The van der Waals surface area contributed by atoms with Crippen LogP contribution in [0, 0.1) is 13.8 Å². The van der Waals surface area contributed by atoms with Gasteiger partial charge in [-0.1, -0.05) is 79.0 Å². The van der Waals surface area contributed by atoms with Crippen LogP contribution in [-0.4, -0.2) is 11.1 Å². The van der Waals surface area contributed by atoms with E-state index in [0.717, 1.165) is 28.7 Å². The maximum absolute atomic E-state index is 12.5. The predicted molar refractivity (Wildman–Crippen MR) is 134 cm³/mol. The zero-order valence-electron chi connectivity index (χ0n) is 21.4. The van der Waals surface area contributed by atoms with Gasteiger partial charge in [0.1, 0.15) is 11.5 Å². The van der Waals surface area contributed by atoms with Crippen LogP contribution in [0.1, 0.15) is 101 Å². The number of esters is 1. The van der Waals surface area contributed by atoms with E-state index in [-0.39, 0.29) is 16.8 Å². The molecule has 0 amide bonds. The van der Waals surface area contributed by atoms with E-state index in [1.54, 1.807) is 0 Å². The molecule has 2 aromatic carbocycles. The second kappa shape index (κ2) is 10.6. The Morgan fingerprint density at radius 1 is 0.969 bits per heavy atom. The molecule has 176 valence electrons. The molecule has 2 aromatic rings. The Morgan fingerprint density at radius 2 is 1.59 bits per heavy atom. The number of unbranched alkanes of at least 4 members (excludes halogenated alkanes) is 2. The van der Waals surface area contributed by atoms with Gasteiger partial charge in [-0.05, 0) is 77.5 Å². The lowest BCUT2D eigenvalue weighted by atomic mass is 9.80. The molecule has 0 spiro atoms. The van der Waals surface area contributed by atoms with Crippen molar-refractivity contribution in [1.82, 2.24) is 0 Å². The molecule has 0 atom stereocenters. The van der Waals surface area contributed by atoms with Crippen molar-refractivity contribution in [2.45, 2.75) is 105 Å². The van der Waals surface area contributed by atoms with E-state index in [4.69, 9.17) is 4.74 Å². The Bertz CT molecular complexity index is 915. The van der Waals surface area contributed by atoms with Crippen molar-refractivity contribution in [3.63, 3.8) is 0 Å². The highest BCUT2D eigenvalue weighted by atomic mass is 16.5. The zero-order chi connectivity index (χ0) is 24.1. The number of aromatic hydroxyl groups is 1. The molecule has 3 heteroatoms. The van der Waals surface area contributed by atoms with E-state index < -0.39 is 0 Å². The fraction of sp³-hybridized carbons (Fsp3) is 0.552. The third-order valence-electron chi connectivity index (χ3n) is 6.65. The van der Waals surface area contributed by atoms with Gasteiger partial charge in [0.2, 0.25) is 0 Å². The number of benzene rings is 2. The Labute approximate surface area is 195 Å². The molecule has 0 aliphatic heterocycles. The van der Waals surface area contributed by atoms with E-state index in [9.17, 15) is 9.90 Å². The first-order valence-corrected chi connectivity index (χ1v) is 12.0. The summed E-state index contributed by atoms with van der Waals surface area (Å²) in [5.41, 5.74) is 5.17. The fourth-order valence-electron chi connectivity index (χ4n) is 4.16. The summed E-state index contributed by atoms with van der Waals surface area (Å²) in [5, 5.41) is 10.6. The van der Waals surface area contributed by atoms with Crippen LogP contribution < -0.4 is 4.74 Å². The summed E-state index contributed by atoms with van der Waals surface area (Å²) in [6.45, 7) is 17.0. The van der Waals surface area contributed by atoms with Crippen LogP contribution in [-0.2, 0) is 22.0 Å². The summed E-state index contributed by atoms with van der Waals surface area (Å²) in [6.07, 6.45) is 5.77. The summed E-state index contributed by atoms with van der Waals surface area (Å²) < 4.78 is 5.61. The number of carbonyl (C=O) groups excluding carboxylic acids is 1. The minimum atomic E-state index is -0.234. The van der Waals surface area contributed by atoms with Crippen LogP contribution in [0.2, 0.25) is 0 Å². The van der Waals surface area contributed by atoms with Gasteiger partial charge in [0.05, 0.1) is 0 Å². The number of hydrogen-bond acceptors (Lipinski definition) is 3. The standard InChI is InChI=1S/C29H42O3/c1-9-10-11-18-29(7,8)23-13-15-24(16-14-23)32-26(30)17-12-22-19-25(28(4,5)6)27(31)21(3)20(22)2/h13-16,19,31H,9-12,17-18H2,1-8H3. The fourth-order valence-corrected chi connectivity index (χ4v) is 4.16. The van der Waals surface area contributed by atoms with Gasteiger partial charge in [-0.3, -0.25) is 4.79 Å². The highest BCUT2D eigenvalue weighted by molar-refractivity contribution is 5.73. The topological polar surface area (TPSA) is 46.5 Å². The van der Waals surface area contributed by atoms with Crippen molar-refractivity contribution in [3.05, 3.63) is 58.1 Å². The van der Waals surface area contributed by atoms with Gasteiger partial charge < -0.3 is 9.84 Å². The number of phenols is 1. The smallest absolute Gasteiger partial charge is 0.311 e. The monoisotopic (exact) mass is 438 g/mol. The molecule has 0 aliphatic rings. The highest BCUT2D eigenvalue weighted by Crippen LogP contribution is 2.36. The van der Waals surface area contributed by atoms with Gasteiger partial charge in [0.15, 0.2) is 0 Å². The van der Waals surface area contributed by atoms with Crippen LogP contribution in [0.3, 0.4) is 0 Å². The maximum Gasteiger partial charge on any atom is 0.311 e. The molecule has 0 saturated carbocycles. The molecule has 0 radical (unpaired) electrons. The van der Waals surface area contributed by atoms with Crippen molar-refractivity contribution in [3.8, 4) is 11.5 Å². The Balaban J connectivity index is 2.03. The molecule has 0 fully saturated rings. The predicted octanol–water partition coefficient (Wildman–Crippen LogP) is 7.70. The van der Waals surface area contributed by atoms with Gasteiger partial charge >= 0.3 is 5.97 Å². The molecule has 3 nitrogen and oxygen atoms in total. The lowest BCUT2D eigenvalue weighted by Crippen LogP contribution is -2.17. The van der Waals surface area contributed by atoms with Gasteiger partial charge in [-0.15, -0.1) is 0 Å². The average Bonchev–Trinajstić information content (AvgIpc) is 2.71. The van der Waals surface area contributed by atoms with Gasteiger partial charge in [-0.2, -0.15) is 0 Å². The molecule has 0 aliphatic carbocycles. The highest BCUT2D eigenvalue weighted by Gasteiger charge is 2.23. The maximum atomic E-state index is 12.5. The SMILES string of the molecule is CCCCCC(C)(C)c1ccc(OC(=O)CCc2cc(C(C)(C)C)c(O)c(C)c2C)cc1. The molecule has 2 rings (SSSR count). The van der Waals surface area contributed by atoms with Crippen molar-refractivity contribution >= 4 is 5.97 Å². The molecule has 0 heterocycles. The Kier molecular flexibility index (Phi) is 8.56. The van der Waals surface area contributed by atoms with Crippen LogP contribution in [0.4, 0.5) is 0 Å². The van der Waals surface area contributed by atoms with Gasteiger partial charge in [0, 0.05) is 6.42 Å². The number of phenolic OH excluding ortho intramolecular Hbond substituents is 1. The quantitative estimate of drug-likeness (QED) is 0.248. The summed E-state index contributed by atoms with van der Waals surface area (Å²) in [4.78, 5) is 12.5. The largest absolute Gasteiger partial charge is 0.507 e. The second-order valence-electron chi connectivity index (χ2n) is 10.8. The first-order valence-electron chi connectivity index (χ1n) is 12.0. The summed E-state index contributed by atoms with van der Waals surface area (Å²) >= 11 is 0. The van der Waals surface area contributed by atoms with Crippen molar-refractivity contribution in [2.75, 3.05) is 0 Å². The summed E-state index contributed by atoms with van der Waals surface area (Å²) in [5.74, 6) is 0.721. The Hall–Kier alpha value is -2.29. The van der Waals surface area contributed by atoms with Gasteiger partial charge in [0.25, 0.3) is 0 Å². The lowest BCUT2D eigenvalue weighted by Gasteiger charge is -2.25. The molecule has 32 heavy (non-hydrogen) atoms. The zero-order valence-corrected chi connectivity index (χ0v) is 21.4. The first kappa shape index (κ1) is 26.0. The minimum Gasteiger partial charge on any atom is -0.507 e. The Morgan fingerprint density at radius 3 is 2.16 bits per heavy atom. The molecule has 0 unspecified atom stereocenters. The van der Waals surface area contributed by atoms with Crippen molar-refractivity contribution in [2.24, 2.45) is 0 Å². The normalized spacial score (nSPS) is 12.1. The van der Waals surface area contributed by atoms with Gasteiger partial charge in [-0.25, -0.2) is 0 Å². The van der Waals surface area contributed by atoms with E-state index in [1.807, 2.05) is 32.0 Å². The number of hydrogen-bond donors (Lipinski definition) is 1. The summed E-state index contributed by atoms with van der Waals surface area (Å²) in [7, 11) is 0. The number of ether oxygens (including phenoxy) is 1. The van der Waals surface area contributed by atoms with E-state index in [0.29, 0.717) is 24.3 Å². The van der Waals surface area contributed by atoms with E-state index in [2.05, 4.69) is 53.7 Å². The second-order valence-corrected chi connectivity index (χ2v) is 10.8. The molecular formula is C29H42O3. The van der Waals surface area contributed by atoms with E-state index in [1.165, 1.54) is 24.8 Å². The third kappa shape index (κ3) is 6.60. The van der Waals surface area contributed by atoms with Crippen LogP contribution in [0.5, 0.6) is 11.5 Å². The van der Waals surface area contributed by atoms with Crippen molar-refractivity contribution < 1.29 is 14.6 Å². The van der Waals surface area contributed by atoms with Crippen molar-refractivity contribution in [1.29, 1.82) is 0 Å². The third-order valence-corrected chi connectivity index (χ3v) is 6.65. The molecule has 1 N–H and O–H groups in total. The number of carbonyl (C=O) groups is 1. The number of aryl methyl sites for hydroxylation is 1. The molecular weight excluding hydrogens is 396 g/mol. The molecule has 0 aromatic heterocycles. The van der Waals surface area contributed by atoms with Crippen LogP contribution >= 0.6 is 0 Å². The summed E-state index contributed by atoms with van der Waals surface area (Å²) in [6, 6.07) is 10.0. The average molecular weight is 439 g/mol. The van der Waals surface area contributed by atoms with E-state index >= 15 is 0 Å². The minimum absolute atomic E-state index is 0.122. The molecule has 0 saturated heterocycles. The first-order chi connectivity index (χ1) is 14.9. The van der Waals surface area contributed by atoms with Crippen LogP contribution in [0.25, 0.3) is 0 Å². The van der Waals surface area contributed by atoms with Crippen LogP contribution in [0.15, 0.2) is 30.3 Å². The number of rotatable bonds is 9. The molecule has 0 bridgehead atoms. The lowest BCUT2D eigenvalue weighted by molar-refractivity contribution is -0.134.